The molecule has 23 heavy (non-hydrogen) atoms. The molecule has 3 rings (SSSR count). The van der Waals surface area contributed by atoms with Gasteiger partial charge in [0, 0.05) is 25.4 Å². The minimum absolute atomic E-state index is 0.0821. The summed E-state index contributed by atoms with van der Waals surface area (Å²) in [5, 5.41) is 9.95. The molecule has 3 aliphatic rings. The van der Waals surface area contributed by atoms with Crippen LogP contribution in [0.5, 0.6) is 0 Å². The normalized spacial score (nSPS) is 43.0. The fraction of sp³-hybridized carbons (Fsp3) is 1.00. The van der Waals surface area contributed by atoms with E-state index in [1.54, 1.807) is 13.8 Å². The summed E-state index contributed by atoms with van der Waals surface area (Å²) in [4.78, 5) is 0. The second kappa shape index (κ2) is 5.09. The second-order valence-electron chi connectivity index (χ2n) is 7.88. The first-order chi connectivity index (χ1) is 10.4. The van der Waals surface area contributed by atoms with Crippen molar-refractivity contribution in [3.8, 4) is 0 Å². The number of fused-ring (bicyclic) bond motifs is 1. The van der Waals surface area contributed by atoms with Gasteiger partial charge in [0.2, 0.25) is 15.9 Å². The molecule has 1 unspecified atom stereocenters. The molecule has 0 bridgehead atoms. The van der Waals surface area contributed by atoms with Crippen molar-refractivity contribution in [1.29, 1.82) is 0 Å². The lowest BCUT2D eigenvalue weighted by Gasteiger charge is -2.41. The molecule has 1 saturated heterocycles. The van der Waals surface area contributed by atoms with E-state index in [0.29, 0.717) is 12.8 Å². The molecule has 0 aromatic carbocycles. The van der Waals surface area contributed by atoms with Gasteiger partial charge in [-0.3, -0.25) is 0 Å². The van der Waals surface area contributed by atoms with Crippen molar-refractivity contribution in [3.05, 3.63) is 0 Å². The first kappa shape index (κ1) is 17.5. The minimum Gasteiger partial charge on any atom is -0.396 e. The lowest BCUT2D eigenvalue weighted by atomic mass is 9.75. The number of ether oxygens (including phenoxy) is 1. The van der Waals surface area contributed by atoms with Crippen LogP contribution in [0.25, 0.3) is 0 Å². The SMILES string of the molecule is CC1(C)OCC2(C[C@@H]3CC(F)(F)CC[C@H]3[C@@H]2CO)N1S(C)(=O)=O. The van der Waals surface area contributed by atoms with Crippen LogP contribution in [0.3, 0.4) is 0 Å². The van der Waals surface area contributed by atoms with Gasteiger partial charge in [0.25, 0.3) is 0 Å². The van der Waals surface area contributed by atoms with E-state index in [4.69, 9.17) is 4.74 Å². The Bertz CT molecular complexity index is 594. The molecule has 0 aromatic rings. The Labute approximate surface area is 136 Å². The fourth-order valence-electron chi connectivity index (χ4n) is 5.40. The third-order valence-corrected chi connectivity index (χ3v) is 7.40. The zero-order chi connectivity index (χ0) is 17.3. The number of hydrogen-bond acceptors (Lipinski definition) is 4. The fourth-order valence-corrected chi connectivity index (χ4v) is 7.17. The Morgan fingerprint density at radius 3 is 2.52 bits per heavy atom. The van der Waals surface area contributed by atoms with Crippen LogP contribution < -0.4 is 0 Å². The van der Waals surface area contributed by atoms with Crippen LogP contribution in [0.15, 0.2) is 0 Å². The highest BCUT2D eigenvalue weighted by Crippen LogP contribution is 2.59. The van der Waals surface area contributed by atoms with E-state index in [0.717, 1.165) is 6.26 Å². The quantitative estimate of drug-likeness (QED) is 0.822. The van der Waals surface area contributed by atoms with Crippen molar-refractivity contribution in [2.24, 2.45) is 17.8 Å². The van der Waals surface area contributed by atoms with E-state index in [9.17, 15) is 22.3 Å². The van der Waals surface area contributed by atoms with Crippen LogP contribution in [0.2, 0.25) is 0 Å². The van der Waals surface area contributed by atoms with E-state index in [-0.39, 0.29) is 43.8 Å². The third-order valence-electron chi connectivity index (χ3n) is 5.93. The van der Waals surface area contributed by atoms with Crippen LogP contribution in [0, 0.1) is 17.8 Å². The lowest BCUT2D eigenvalue weighted by molar-refractivity contribution is -0.0701. The van der Waals surface area contributed by atoms with Crippen molar-refractivity contribution >= 4 is 10.0 Å². The van der Waals surface area contributed by atoms with E-state index >= 15 is 0 Å². The zero-order valence-electron chi connectivity index (χ0n) is 13.8. The monoisotopic (exact) mass is 353 g/mol. The van der Waals surface area contributed by atoms with Gasteiger partial charge >= 0.3 is 0 Å². The highest BCUT2D eigenvalue weighted by molar-refractivity contribution is 7.88. The molecule has 1 N–H and O–H groups in total. The molecule has 0 amide bonds. The predicted molar refractivity (Wildman–Crippen MR) is 80.4 cm³/mol. The van der Waals surface area contributed by atoms with Gasteiger partial charge in [-0.25, -0.2) is 17.2 Å². The van der Waals surface area contributed by atoms with Crippen LogP contribution in [-0.4, -0.2) is 54.5 Å². The Morgan fingerprint density at radius 2 is 1.96 bits per heavy atom. The standard InChI is InChI=1S/C15H25F2NO4S/c1-13(2)18(23(3,20)21)14(9-22-13)6-10-7-15(16,17)5-4-11(10)12(14)8-19/h10-12,19H,4-9H2,1-3H3/t10-,11-,12+,14?/m1/s1. The number of halogens is 2. The number of rotatable bonds is 2. The Kier molecular flexibility index (Phi) is 3.88. The maximum Gasteiger partial charge on any atom is 0.248 e. The molecule has 1 spiro atoms. The van der Waals surface area contributed by atoms with Gasteiger partial charge in [0.05, 0.1) is 18.4 Å². The number of alkyl halides is 2. The molecular weight excluding hydrogens is 328 g/mol. The molecule has 0 radical (unpaired) electrons. The smallest absolute Gasteiger partial charge is 0.248 e. The number of nitrogens with zero attached hydrogens (tertiary/aromatic N) is 1. The minimum atomic E-state index is -3.61. The maximum atomic E-state index is 13.8. The second-order valence-corrected chi connectivity index (χ2v) is 9.71. The highest BCUT2D eigenvalue weighted by atomic mass is 32.2. The van der Waals surface area contributed by atoms with Gasteiger partial charge in [0.1, 0.15) is 5.72 Å². The molecule has 8 heteroatoms. The summed E-state index contributed by atoms with van der Waals surface area (Å²) < 4.78 is 59.5. The lowest BCUT2D eigenvalue weighted by Crippen LogP contribution is -2.58. The average molecular weight is 353 g/mol. The van der Waals surface area contributed by atoms with Gasteiger partial charge in [0.15, 0.2) is 0 Å². The van der Waals surface area contributed by atoms with E-state index in [1.165, 1.54) is 4.31 Å². The molecule has 2 aliphatic carbocycles. The van der Waals surface area contributed by atoms with Crippen molar-refractivity contribution in [2.75, 3.05) is 19.5 Å². The van der Waals surface area contributed by atoms with Gasteiger partial charge < -0.3 is 9.84 Å². The summed E-state index contributed by atoms with van der Waals surface area (Å²) in [6, 6.07) is 0. The predicted octanol–water partition coefficient (Wildman–Crippen LogP) is 1.82. The molecule has 1 aliphatic heterocycles. The zero-order valence-corrected chi connectivity index (χ0v) is 14.6. The number of aliphatic hydroxyl groups is 1. The van der Waals surface area contributed by atoms with E-state index < -0.39 is 27.2 Å². The first-order valence-corrected chi connectivity index (χ1v) is 9.91. The van der Waals surface area contributed by atoms with Gasteiger partial charge in [-0.05, 0) is 38.5 Å². The Hall–Kier alpha value is -0.310. The van der Waals surface area contributed by atoms with Gasteiger partial charge in [-0.2, -0.15) is 4.31 Å². The average Bonchev–Trinajstić information content (AvgIpc) is 2.80. The van der Waals surface area contributed by atoms with Crippen molar-refractivity contribution in [2.45, 2.75) is 56.7 Å². The molecule has 0 aromatic heterocycles. The number of hydrogen-bond donors (Lipinski definition) is 1. The summed E-state index contributed by atoms with van der Waals surface area (Å²) in [6.07, 6.45) is 1.35. The Morgan fingerprint density at radius 1 is 1.30 bits per heavy atom. The van der Waals surface area contributed by atoms with Crippen molar-refractivity contribution in [1.82, 2.24) is 4.31 Å². The molecular formula is C15H25F2NO4S. The van der Waals surface area contributed by atoms with Gasteiger partial charge in [-0.15, -0.1) is 0 Å². The molecule has 3 fully saturated rings. The molecule has 4 atom stereocenters. The summed E-state index contributed by atoms with van der Waals surface area (Å²) >= 11 is 0. The summed E-state index contributed by atoms with van der Waals surface area (Å²) in [5.74, 6) is -3.42. The first-order valence-electron chi connectivity index (χ1n) is 8.06. The Balaban J connectivity index is 2.04. The summed E-state index contributed by atoms with van der Waals surface area (Å²) in [6.45, 7) is 3.29. The summed E-state index contributed by atoms with van der Waals surface area (Å²) in [5.41, 5.74) is -1.95. The van der Waals surface area contributed by atoms with Gasteiger partial charge in [-0.1, -0.05) is 0 Å². The molecule has 5 nitrogen and oxygen atoms in total. The largest absolute Gasteiger partial charge is 0.396 e. The van der Waals surface area contributed by atoms with Crippen LogP contribution >= 0.6 is 0 Å². The highest BCUT2D eigenvalue weighted by Gasteiger charge is 2.67. The summed E-state index contributed by atoms with van der Waals surface area (Å²) in [7, 11) is -3.61. The van der Waals surface area contributed by atoms with E-state index in [1.807, 2.05) is 0 Å². The molecule has 134 valence electrons. The van der Waals surface area contributed by atoms with Crippen molar-refractivity contribution in [3.63, 3.8) is 0 Å². The van der Waals surface area contributed by atoms with Crippen LogP contribution in [0.4, 0.5) is 8.78 Å². The number of sulfonamides is 1. The number of aliphatic hydroxyl groups excluding tert-OH is 1. The molecule has 1 heterocycles. The van der Waals surface area contributed by atoms with Crippen molar-refractivity contribution < 1.29 is 27.0 Å². The maximum absolute atomic E-state index is 13.8. The molecule has 2 saturated carbocycles. The van der Waals surface area contributed by atoms with Crippen LogP contribution in [0.1, 0.15) is 39.5 Å². The van der Waals surface area contributed by atoms with Crippen LogP contribution in [-0.2, 0) is 14.8 Å². The topological polar surface area (TPSA) is 66.8 Å². The third kappa shape index (κ3) is 2.62. The van der Waals surface area contributed by atoms with E-state index in [2.05, 4.69) is 0 Å².